The smallest absolute Gasteiger partial charge is 0.260 e. The maximum atomic E-state index is 13.0. The van der Waals surface area contributed by atoms with Crippen LogP contribution in [0.4, 0.5) is 4.39 Å². The standard InChI is InChI=1S/C12H9FN4O/c1-8-5-16(7-14-8)11-4-12(18)17-6-9(13)2-3-10(17)15-11/h2-7H,1H3. The Labute approximate surface area is 101 Å². The Balaban J connectivity index is 2.28. The zero-order valence-corrected chi connectivity index (χ0v) is 9.54. The molecule has 0 amide bonds. The van der Waals surface area contributed by atoms with E-state index in [-0.39, 0.29) is 5.56 Å². The Morgan fingerprint density at radius 2 is 2.11 bits per heavy atom. The largest absolute Gasteiger partial charge is 0.290 e. The van der Waals surface area contributed by atoms with E-state index in [0.717, 1.165) is 11.9 Å². The topological polar surface area (TPSA) is 52.2 Å². The molecule has 0 atom stereocenters. The third kappa shape index (κ3) is 1.67. The lowest BCUT2D eigenvalue weighted by atomic mass is 10.4. The first kappa shape index (κ1) is 10.6. The molecule has 0 aliphatic carbocycles. The fourth-order valence-corrected chi connectivity index (χ4v) is 1.74. The zero-order valence-electron chi connectivity index (χ0n) is 9.54. The molecule has 0 radical (unpaired) electrons. The summed E-state index contributed by atoms with van der Waals surface area (Å²) in [6, 6.07) is 4.07. The number of fused-ring (bicyclic) bond motifs is 1. The van der Waals surface area contributed by atoms with Crippen LogP contribution in [0.2, 0.25) is 0 Å². The van der Waals surface area contributed by atoms with Crippen molar-refractivity contribution in [1.29, 1.82) is 0 Å². The van der Waals surface area contributed by atoms with Crippen LogP contribution in [0.25, 0.3) is 11.5 Å². The van der Waals surface area contributed by atoms with Gasteiger partial charge in [0.05, 0.1) is 5.69 Å². The van der Waals surface area contributed by atoms with Crippen molar-refractivity contribution >= 4 is 5.65 Å². The van der Waals surface area contributed by atoms with Crippen LogP contribution in [-0.4, -0.2) is 18.9 Å². The fourth-order valence-electron chi connectivity index (χ4n) is 1.74. The van der Waals surface area contributed by atoms with Gasteiger partial charge in [-0.3, -0.25) is 13.8 Å². The molecule has 0 saturated carbocycles. The summed E-state index contributed by atoms with van der Waals surface area (Å²) in [7, 11) is 0. The highest BCUT2D eigenvalue weighted by atomic mass is 19.1. The first-order chi connectivity index (χ1) is 8.63. The molecule has 0 saturated heterocycles. The minimum Gasteiger partial charge on any atom is -0.290 e. The van der Waals surface area contributed by atoms with E-state index in [9.17, 15) is 9.18 Å². The van der Waals surface area contributed by atoms with E-state index in [1.54, 1.807) is 17.1 Å². The number of imidazole rings is 1. The number of aryl methyl sites for hydroxylation is 1. The van der Waals surface area contributed by atoms with Gasteiger partial charge in [0.25, 0.3) is 5.56 Å². The quantitative estimate of drug-likeness (QED) is 0.649. The van der Waals surface area contributed by atoms with E-state index in [1.807, 2.05) is 6.92 Å². The average molecular weight is 244 g/mol. The molecule has 90 valence electrons. The summed E-state index contributed by atoms with van der Waals surface area (Å²) in [6.07, 6.45) is 4.46. The number of halogens is 1. The van der Waals surface area contributed by atoms with Crippen LogP contribution in [0.5, 0.6) is 0 Å². The molecule has 3 rings (SSSR count). The second kappa shape index (κ2) is 3.76. The molecule has 0 bridgehead atoms. The second-order valence-corrected chi connectivity index (χ2v) is 3.95. The summed E-state index contributed by atoms with van der Waals surface area (Å²) in [6.45, 7) is 1.85. The van der Waals surface area contributed by atoms with Crippen molar-refractivity contribution in [2.45, 2.75) is 6.92 Å². The molecule has 18 heavy (non-hydrogen) atoms. The van der Waals surface area contributed by atoms with Crippen LogP contribution in [0.1, 0.15) is 5.69 Å². The lowest BCUT2D eigenvalue weighted by Gasteiger charge is -2.04. The normalized spacial score (nSPS) is 11.0. The maximum absolute atomic E-state index is 13.0. The summed E-state index contributed by atoms with van der Waals surface area (Å²) in [5, 5.41) is 0. The van der Waals surface area contributed by atoms with Crippen LogP contribution < -0.4 is 5.56 Å². The van der Waals surface area contributed by atoms with E-state index in [4.69, 9.17) is 0 Å². The summed E-state index contributed by atoms with van der Waals surface area (Å²) in [4.78, 5) is 20.2. The van der Waals surface area contributed by atoms with E-state index in [1.165, 1.54) is 22.6 Å². The number of hydrogen-bond donors (Lipinski definition) is 0. The van der Waals surface area contributed by atoms with Crippen molar-refractivity contribution in [1.82, 2.24) is 18.9 Å². The Kier molecular flexibility index (Phi) is 2.22. The molecule has 0 fully saturated rings. The molecular weight excluding hydrogens is 235 g/mol. The maximum Gasteiger partial charge on any atom is 0.260 e. The van der Waals surface area contributed by atoms with Gasteiger partial charge < -0.3 is 0 Å². The van der Waals surface area contributed by atoms with Crippen LogP contribution in [0.15, 0.2) is 41.7 Å². The summed E-state index contributed by atoms with van der Waals surface area (Å²) < 4.78 is 15.9. The van der Waals surface area contributed by atoms with Gasteiger partial charge in [0.15, 0.2) is 0 Å². The lowest BCUT2D eigenvalue weighted by Crippen LogP contribution is -2.16. The molecule has 3 aromatic rings. The van der Waals surface area contributed by atoms with Gasteiger partial charge in [-0.25, -0.2) is 14.4 Å². The number of pyridine rings is 1. The van der Waals surface area contributed by atoms with E-state index < -0.39 is 5.82 Å². The van der Waals surface area contributed by atoms with Crippen molar-refractivity contribution < 1.29 is 4.39 Å². The van der Waals surface area contributed by atoms with Gasteiger partial charge >= 0.3 is 0 Å². The van der Waals surface area contributed by atoms with Crippen LogP contribution in [-0.2, 0) is 0 Å². The number of aromatic nitrogens is 4. The van der Waals surface area contributed by atoms with Crippen molar-refractivity contribution in [3.8, 4) is 5.82 Å². The van der Waals surface area contributed by atoms with E-state index in [2.05, 4.69) is 9.97 Å². The van der Waals surface area contributed by atoms with Crippen molar-refractivity contribution in [3.63, 3.8) is 0 Å². The van der Waals surface area contributed by atoms with Gasteiger partial charge in [-0.15, -0.1) is 0 Å². The predicted molar refractivity (Wildman–Crippen MR) is 63.3 cm³/mol. The van der Waals surface area contributed by atoms with E-state index in [0.29, 0.717) is 11.5 Å². The van der Waals surface area contributed by atoms with Gasteiger partial charge in [-0.2, -0.15) is 0 Å². The van der Waals surface area contributed by atoms with Crippen molar-refractivity contribution in [3.05, 3.63) is 58.8 Å². The predicted octanol–water partition coefficient (Wildman–Crippen LogP) is 1.33. The van der Waals surface area contributed by atoms with Gasteiger partial charge in [0.1, 0.15) is 23.6 Å². The SMILES string of the molecule is Cc1cn(-c2cc(=O)n3cc(F)ccc3n2)cn1. The Morgan fingerprint density at radius 3 is 2.83 bits per heavy atom. The van der Waals surface area contributed by atoms with Crippen LogP contribution in [0, 0.1) is 12.7 Å². The van der Waals surface area contributed by atoms with Crippen molar-refractivity contribution in [2.75, 3.05) is 0 Å². The molecule has 3 aromatic heterocycles. The number of hydrogen-bond acceptors (Lipinski definition) is 3. The average Bonchev–Trinajstić information content (AvgIpc) is 2.77. The van der Waals surface area contributed by atoms with Crippen LogP contribution >= 0.6 is 0 Å². The molecule has 0 spiro atoms. The minimum absolute atomic E-state index is 0.333. The zero-order chi connectivity index (χ0) is 12.7. The minimum atomic E-state index is -0.474. The first-order valence-corrected chi connectivity index (χ1v) is 5.33. The molecule has 0 N–H and O–H groups in total. The highest BCUT2D eigenvalue weighted by Gasteiger charge is 2.05. The fraction of sp³-hybridized carbons (Fsp3) is 0.0833. The third-order valence-corrected chi connectivity index (χ3v) is 2.59. The third-order valence-electron chi connectivity index (χ3n) is 2.59. The lowest BCUT2D eigenvalue weighted by molar-refractivity contribution is 0.617. The number of nitrogens with zero attached hydrogens (tertiary/aromatic N) is 4. The molecule has 0 aliphatic heterocycles. The van der Waals surface area contributed by atoms with Gasteiger partial charge in [-0.05, 0) is 19.1 Å². The highest BCUT2D eigenvalue weighted by Crippen LogP contribution is 2.06. The first-order valence-electron chi connectivity index (χ1n) is 5.33. The van der Waals surface area contributed by atoms with Gasteiger partial charge in [0, 0.05) is 18.5 Å². The Hall–Kier alpha value is -2.50. The van der Waals surface area contributed by atoms with E-state index >= 15 is 0 Å². The summed E-state index contributed by atoms with van der Waals surface area (Å²) in [5.74, 6) is -0.00941. The molecule has 0 aliphatic rings. The highest BCUT2D eigenvalue weighted by molar-refractivity contribution is 5.42. The summed E-state index contributed by atoms with van der Waals surface area (Å²) >= 11 is 0. The Morgan fingerprint density at radius 1 is 1.28 bits per heavy atom. The molecule has 3 heterocycles. The van der Waals surface area contributed by atoms with Gasteiger partial charge in [0.2, 0.25) is 0 Å². The number of rotatable bonds is 1. The van der Waals surface area contributed by atoms with Gasteiger partial charge in [-0.1, -0.05) is 0 Å². The molecule has 5 nitrogen and oxygen atoms in total. The molecular formula is C12H9FN4O. The monoisotopic (exact) mass is 244 g/mol. The molecule has 0 unspecified atom stereocenters. The van der Waals surface area contributed by atoms with Crippen LogP contribution in [0.3, 0.4) is 0 Å². The summed E-state index contributed by atoms with van der Waals surface area (Å²) in [5.41, 5.74) is 0.891. The van der Waals surface area contributed by atoms with Crippen molar-refractivity contribution in [2.24, 2.45) is 0 Å². The second-order valence-electron chi connectivity index (χ2n) is 3.95. The molecule has 6 heteroatoms. The Bertz CT molecular complexity index is 790. The molecule has 0 aromatic carbocycles.